The minimum absolute atomic E-state index is 0.150. The number of sulfonamides is 1. The third-order valence-corrected chi connectivity index (χ3v) is 5.75. The lowest BCUT2D eigenvalue weighted by Gasteiger charge is -2.26. The zero-order chi connectivity index (χ0) is 14.9. The molecular formula is C15H21NO3S. The Hall–Kier alpha value is -1.17. The average Bonchev–Trinajstić information content (AvgIpc) is 2.41. The van der Waals surface area contributed by atoms with Crippen molar-refractivity contribution in [3.8, 4) is 0 Å². The first-order valence-electron chi connectivity index (χ1n) is 6.73. The average molecular weight is 295 g/mol. The molecule has 0 bridgehead atoms. The molecule has 0 radical (unpaired) electrons. The van der Waals surface area contributed by atoms with Gasteiger partial charge in [0.05, 0.1) is 11.5 Å². The third-order valence-electron chi connectivity index (χ3n) is 3.78. The summed E-state index contributed by atoms with van der Waals surface area (Å²) < 4.78 is 27.1. The lowest BCUT2D eigenvalue weighted by Crippen LogP contribution is -2.35. The van der Waals surface area contributed by atoms with Crippen LogP contribution in [0.1, 0.15) is 30.0 Å². The molecule has 0 spiro atoms. The Morgan fingerprint density at radius 2 is 1.95 bits per heavy atom. The van der Waals surface area contributed by atoms with E-state index < -0.39 is 10.0 Å². The van der Waals surface area contributed by atoms with Crippen LogP contribution >= 0.6 is 0 Å². The molecule has 5 heteroatoms. The van der Waals surface area contributed by atoms with Gasteiger partial charge in [0.25, 0.3) is 0 Å². The van der Waals surface area contributed by atoms with Crippen LogP contribution in [-0.2, 0) is 16.6 Å². The fourth-order valence-electron chi connectivity index (χ4n) is 2.48. The van der Waals surface area contributed by atoms with E-state index >= 15 is 0 Å². The van der Waals surface area contributed by atoms with Crippen LogP contribution in [-0.4, -0.2) is 30.9 Å². The SMILES string of the molecule is CC1=CCCN(S(=O)(=O)c2cc(CO)cc(C)c2C)C1. The first-order chi connectivity index (χ1) is 9.36. The maximum Gasteiger partial charge on any atom is 0.243 e. The van der Waals surface area contributed by atoms with Crippen LogP contribution in [0.4, 0.5) is 0 Å². The molecule has 0 unspecified atom stereocenters. The highest BCUT2D eigenvalue weighted by Crippen LogP contribution is 2.26. The van der Waals surface area contributed by atoms with Crippen molar-refractivity contribution in [3.05, 3.63) is 40.5 Å². The molecule has 1 aliphatic heterocycles. The summed E-state index contributed by atoms with van der Waals surface area (Å²) in [5.74, 6) is 0. The van der Waals surface area contributed by atoms with Gasteiger partial charge in [0, 0.05) is 13.1 Å². The van der Waals surface area contributed by atoms with Crippen molar-refractivity contribution in [3.63, 3.8) is 0 Å². The number of hydrogen-bond acceptors (Lipinski definition) is 3. The Labute approximate surface area is 120 Å². The molecule has 4 nitrogen and oxygen atoms in total. The molecule has 1 aliphatic rings. The normalized spacial score (nSPS) is 17.1. The Balaban J connectivity index is 2.49. The van der Waals surface area contributed by atoms with E-state index in [0.717, 1.165) is 23.1 Å². The minimum atomic E-state index is -3.50. The fourth-order valence-corrected chi connectivity index (χ4v) is 4.32. The van der Waals surface area contributed by atoms with Gasteiger partial charge in [0.15, 0.2) is 0 Å². The van der Waals surface area contributed by atoms with Gasteiger partial charge in [-0.2, -0.15) is 4.31 Å². The molecule has 0 aromatic heterocycles. The standard InChI is InChI=1S/C15H21NO3S/c1-11-5-4-6-16(9-11)20(18,19)15-8-14(10-17)7-12(2)13(15)3/h5,7-8,17H,4,6,9-10H2,1-3H3. The predicted octanol–water partition coefficient (Wildman–Crippen LogP) is 2.14. The van der Waals surface area contributed by atoms with Gasteiger partial charge in [-0.3, -0.25) is 0 Å². The second kappa shape index (κ2) is 5.68. The van der Waals surface area contributed by atoms with Gasteiger partial charge in [0.1, 0.15) is 0 Å². The van der Waals surface area contributed by atoms with Gasteiger partial charge in [-0.1, -0.05) is 17.7 Å². The van der Waals surface area contributed by atoms with E-state index in [1.807, 2.05) is 26.8 Å². The van der Waals surface area contributed by atoms with E-state index in [-0.39, 0.29) is 6.61 Å². The van der Waals surface area contributed by atoms with Crippen molar-refractivity contribution in [2.45, 2.75) is 38.7 Å². The Bertz CT molecular complexity index is 647. The molecule has 0 amide bonds. The molecule has 20 heavy (non-hydrogen) atoms. The number of rotatable bonds is 3. The summed E-state index contributed by atoms with van der Waals surface area (Å²) in [5.41, 5.74) is 3.36. The lowest BCUT2D eigenvalue weighted by atomic mass is 10.1. The highest BCUT2D eigenvalue weighted by Gasteiger charge is 2.28. The van der Waals surface area contributed by atoms with Crippen molar-refractivity contribution < 1.29 is 13.5 Å². The van der Waals surface area contributed by atoms with Crippen molar-refractivity contribution in [1.82, 2.24) is 4.31 Å². The molecule has 1 N–H and O–H groups in total. The van der Waals surface area contributed by atoms with Crippen LogP contribution in [0.2, 0.25) is 0 Å². The Morgan fingerprint density at radius 1 is 1.25 bits per heavy atom. The number of aryl methyl sites for hydroxylation is 1. The number of aliphatic hydroxyl groups excluding tert-OH is 1. The molecule has 1 heterocycles. The summed E-state index contributed by atoms with van der Waals surface area (Å²) >= 11 is 0. The zero-order valence-corrected chi connectivity index (χ0v) is 13.0. The quantitative estimate of drug-likeness (QED) is 0.869. The van der Waals surface area contributed by atoms with E-state index in [1.165, 1.54) is 4.31 Å². The van der Waals surface area contributed by atoms with Crippen LogP contribution in [0.5, 0.6) is 0 Å². The largest absolute Gasteiger partial charge is 0.392 e. The van der Waals surface area contributed by atoms with E-state index in [4.69, 9.17) is 0 Å². The second-order valence-corrected chi connectivity index (χ2v) is 7.28. The molecule has 110 valence electrons. The number of aliphatic hydroxyl groups is 1. The molecule has 0 aliphatic carbocycles. The van der Waals surface area contributed by atoms with E-state index in [2.05, 4.69) is 6.08 Å². The van der Waals surface area contributed by atoms with Gasteiger partial charge >= 0.3 is 0 Å². The van der Waals surface area contributed by atoms with E-state index in [9.17, 15) is 13.5 Å². The minimum Gasteiger partial charge on any atom is -0.392 e. The Morgan fingerprint density at radius 3 is 2.55 bits per heavy atom. The van der Waals surface area contributed by atoms with Gasteiger partial charge in [0.2, 0.25) is 10.0 Å². The summed E-state index contributed by atoms with van der Waals surface area (Å²) in [6.45, 7) is 6.45. The molecule has 1 aromatic rings. The van der Waals surface area contributed by atoms with Crippen LogP contribution in [0, 0.1) is 13.8 Å². The van der Waals surface area contributed by atoms with E-state index in [0.29, 0.717) is 23.5 Å². The second-order valence-electron chi connectivity index (χ2n) is 5.37. The van der Waals surface area contributed by atoms with Crippen LogP contribution in [0.15, 0.2) is 28.7 Å². The summed E-state index contributed by atoms with van der Waals surface area (Å²) in [4.78, 5) is 0.316. The first-order valence-corrected chi connectivity index (χ1v) is 8.17. The summed E-state index contributed by atoms with van der Waals surface area (Å²) in [5, 5.41) is 9.28. The van der Waals surface area contributed by atoms with Crippen molar-refractivity contribution in [2.75, 3.05) is 13.1 Å². The van der Waals surface area contributed by atoms with Crippen LogP contribution < -0.4 is 0 Å². The molecule has 0 atom stereocenters. The van der Waals surface area contributed by atoms with Gasteiger partial charge < -0.3 is 5.11 Å². The zero-order valence-electron chi connectivity index (χ0n) is 12.2. The summed E-state index contributed by atoms with van der Waals surface area (Å²) in [6.07, 6.45) is 2.83. The predicted molar refractivity (Wildman–Crippen MR) is 79.0 cm³/mol. The molecule has 1 aromatic carbocycles. The maximum absolute atomic E-state index is 12.8. The number of nitrogens with zero attached hydrogens (tertiary/aromatic N) is 1. The number of hydrogen-bond donors (Lipinski definition) is 1. The molecule has 2 rings (SSSR count). The molecule has 0 saturated heterocycles. The van der Waals surface area contributed by atoms with E-state index in [1.54, 1.807) is 6.07 Å². The van der Waals surface area contributed by atoms with Crippen molar-refractivity contribution in [2.24, 2.45) is 0 Å². The van der Waals surface area contributed by atoms with Crippen molar-refractivity contribution in [1.29, 1.82) is 0 Å². The monoisotopic (exact) mass is 295 g/mol. The molecule has 0 fully saturated rings. The third kappa shape index (κ3) is 2.80. The Kier molecular flexibility index (Phi) is 4.32. The highest BCUT2D eigenvalue weighted by atomic mass is 32.2. The maximum atomic E-state index is 12.8. The fraction of sp³-hybridized carbons (Fsp3) is 0.467. The topological polar surface area (TPSA) is 57.6 Å². The number of benzene rings is 1. The van der Waals surface area contributed by atoms with Gasteiger partial charge in [-0.15, -0.1) is 0 Å². The highest BCUT2D eigenvalue weighted by molar-refractivity contribution is 7.89. The van der Waals surface area contributed by atoms with Crippen LogP contribution in [0.3, 0.4) is 0 Å². The summed E-state index contributed by atoms with van der Waals surface area (Å²) in [7, 11) is -3.50. The molecule has 0 saturated carbocycles. The van der Waals surface area contributed by atoms with Crippen LogP contribution in [0.25, 0.3) is 0 Å². The summed E-state index contributed by atoms with van der Waals surface area (Å²) in [6, 6.07) is 3.42. The smallest absolute Gasteiger partial charge is 0.243 e. The van der Waals surface area contributed by atoms with Gasteiger partial charge in [-0.25, -0.2) is 8.42 Å². The lowest BCUT2D eigenvalue weighted by molar-refractivity contribution is 0.281. The first kappa shape index (κ1) is 15.2. The van der Waals surface area contributed by atoms with Gasteiger partial charge in [-0.05, 0) is 49.9 Å². The molecular weight excluding hydrogens is 274 g/mol. The van der Waals surface area contributed by atoms with Crippen molar-refractivity contribution >= 4 is 10.0 Å².